The fourth-order valence-electron chi connectivity index (χ4n) is 6.71. The van der Waals surface area contributed by atoms with E-state index in [0.29, 0.717) is 25.1 Å². The van der Waals surface area contributed by atoms with Gasteiger partial charge < -0.3 is 14.2 Å². The molecule has 1 aromatic rings. The maximum absolute atomic E-state index is 11.9. The zero-order valence-electron chi connectivity index (χ0n) is 18.2. The van der Waals surface area contributed by atoms with Gasteiger partial charge in [0.2, 0.25) is 0 Å². The molecule has 0 radical (unpaired) electrons. The third kappa shape index (κ3) is 3.31. The minimum absolute atomic E-state index is 0.0318. The van der Waals surface area contributed by atoms with Crippen LogP contribution < -0.4 is 4.74 Å². The molecule has 2 fully saturated rings. The molecule has 31 heavy (non-hydrogen) atoms. The Labute approximate surface area is 182 Å². The van der Waals surface area contributed by atoms with Crippen molar-refractivity contribution < 1.29 is 28.6 Å². The molecule has 164 valence electrons. The van der Waals surface area contributed by atoms with Crippen molar-refractivity contribution in [2.75, 3.05) is 0 Å². The lowest BCUT2D eigenvalue weighted by Gasteiger charge is -2.54. The Bertz CT molecular complexity index is 961. The Hall–Kier alpha value is -2.81. The monoisotopic (exact) mass is 424 g/mol. The van der Waals surface area contributed by atoms with Crippen LogP contribution in [0.4, 0.5) is 0 Å². The van der Waals surface area contributed by atoms with Gasteiger partial charge in [-0.2, -0.15) is 0 Å². The highest BCUT2D eigenvalue weighted by Gasteiger charge is 2.66. The fourth-order valence-corrected chi connectivity index (χ4v) is 6.71. The van der Waals surface area contributed by atoms with Crippen LogP contribution in [0.25, 0.3) is 0 Å². The van der Waals surface area contributed by atoms with Gasteiger partial charge in [0.1, 0.15) is 11.9 Å². The molecule has 1 aromatic carbocycles. The standard InChI is InChI=1S/C25H28O6/c1-5-25(31-16(3)28)11-10-21-20-8-6-17-12-18(30-15(2)27)7-9-19(17)23(20)22(29-14-26)13-24(21,25)4/h1,7,9,12,14,20-23H,6,8,10-11,13H2,2-4H3/t20-,21-,22-,23+,24-,25-/m0/s1. The highest BCUT2D eigenvalue weighted by atomic mass is 16.6. The molecular formula is C25H28O6. The van der Waals surface area contributed by atoms with Gasteiger partial charge in [0.15, 0.2) is 5.60 Å². The first-order valence-corrected chi connectivity index (χ1v) is 10.8. The van der Waals surface area contributed by atoms with Gasteiger partial charge in [0.05, 0.1) is 0 Å². The molecule has 0 aliphatic heterocycles. The number of fused-ring (bicyclic) bond motifs is 5. The lowest BCUT2D eigenvalue weighted by atomic mass is 9.52. The van der Waals surface area contributed by atoms with Crippen LogP contribution in [-0.4, -0.2) is 30.1 Å². The fraction of sp³-hybridized carbons (Fsp3) is 0.560. The zero-order valence-corrected chi connectivity index (χ0v) is 18.2. The first-order chi connectivity index (χ1) is 14.7. The maximum Gasteiger partial charge on any atom is 0.308 e. The van der Waals surface area contributed by atoms with Gasteiger partial charge in [-0.3, -0.25) is 14.4 Å². The van der Waals surface area contributed by atoms with Crippen LogP contribution in [0, 0.1) is 29.6 Å². The Morgan fingerprint density at radius 2 is 2.00 bits per heavy atom. The zero-order chi connectivity index (χ0) is 22.4. The lowest BCUT2D eigenvalue weighted by Crippen LogP contribution is -2.56. The van der Waals surface area contributed by atoms with Crippen LogP contribution >= 0.6 is 0 Å². The SMILES string of the molecule is C#C[C@]1(OC(C)=O)CC[C@H]2[C@@H]3CCc4cc(OC(C)=O)ccc4[C@H]3[C@@H](OC=O)C[C@@]21C. The number of aryl methyl sites for hydroxylation is 1. The molecule has 6 atom stereocenters. The summed E-state index contributed by atoms with van der Waals surface area (Å²) in [6, 6.07) is 5.70. The predicted octanol–water partition coefficient (Wildman–Crippen LogP) is 3.55. The predicted molar refractivity (Wildman–Crippen MR) is 112 cm³/mol. The van der Waals surface area contributed by atoms with E-state index in [1.165, 1.54) is 13.8 Å². The number of hydrogen-bond acceptors (Lipinski definition) is 6. The Balaban J connectivity index is 1.75. The second kappa shape index (κ2) is 7.71. The summed E-state index contributed by atoms with van der Waals surface area (Å²) in [4.78, 5) is 34.7. The largest absolute Gasteiger partial charge is 0.464 e. The topological polar surface area (TPSA) is 78.9 Å². The van der Waals surface area contributed by atoms with E-state index in [-0.39, 0.29) is 35.8 Å². The second-order valence-electron chi connectivity index (χ2n) is 9.29. The van der Waals surface area contributed by atoms with E-state index in [2.05, 4.69) is 12.8 Å². The van der Waals surface area contributed by atoms with Crippen LogP contribution in [-0.2, 0) is 30.3 Å². The summed E-state index contributed by atoms with van der Waals surface area (Å²) in [5.74, 6) is 3.14. The summed E-state index contributed by atoms with van der Waals surface area (Å²) < 4.78 is 16.7. The summed E-state index contributed by atoms with van der Waals surface area (Å²) in [7, 11) is 0. The molecule has 0 heterocycles. The smallest absolute Gasteiger partial charge is 0.308 e. The Kier molecular flexibility index (Phi) is 5.33. The van der Waals surface area contributed by atoms with E-state index in [4.69, 9.17) is 20.6 Å². The molecule has 4 rings (SSSR count). The molecule has 0 amide bonds. The molecule has 0 bridgehead atoms. The van der Waals surface area contributed by atoms with Gasteiger partial charge in [-0.15, -0.1) is 6.42 Å². The lowest BCUT2D eigenvalue weighted by molar-refractivity contribution is -0.175. The first-order valence-electron chi connectivity index (χ1n) is 10.8. The third-order valence-electron chi connectivity index (χ3n) is 7.82. The van der Waals surface area contributed by atoms with Crippen molar-refractivity contribution in [3.8, 4) is 18.1 Å². The van der Waals surface area contributed by atoms with Gasteiger partial charge in [0, 0.05) is 25.2 Å². The molecular weight excluding hydrogens is 396 g/mol. The average molecular weight is 424 g/mol. The normalized spacial score (nSPS) is 35.5. The van der Waals surface area contributed by atoms with Gasteiger partial charge in [0.25, 0.3) is 6.47 Å². The summed E-state index contributed by atoms with van der Waals surface area (Å²) >= 11 is 0. The second-order valence-corrected chi connectivity index (χ2v) is 9.29. The van der Waals surface area contributed by atoms with Crippen molar-refractivity contribution >= 4 is 18.4 Å². The van der Waals surface area contributed by atoms with E-state index < -0.39 is 11.0 Å². The van der Waals surface area contributed by atoms with Crippen molar-refractivity contribution in [1.29, 1.82) is 0 Å². The summed E-state index contributed by atoms with van der Waals surface area (Å²) in [6.45, 7) is 5.36. The van der Waals surface area contributed by atoms with Gasteiger partial charge in [-0.1, -0.05) is 18.9 Å². The van der Waals surface area contributed by atoms with Gasteiger partial charge in [-0.25, -0.2) is 0 Å². The van der Waals surface area contributed by atoms with Crippen LogP contribution in [0.3, 0.4) is 0 Å². The van der Waals surface area contributed by atoms with Crippen molar-refractivity contribution in [1.82, 2.24) is 0 Å². The van der Waals surface area contributed by atoms with Crippen molar-refractivity contribution in [3.05, 3.63) is 29.3 Å². The molecule has 3 aliphatic carbocycles. The highest BCUT2D eigenvalue weighted by molar-refractivity contribution is 5.69. The molecule has 2 saturated carbocycles. The molecule has 3 aliphatic rings. The van der Waals surface area contributed by atoms with E-state index in [9.17, 15) is 14.4 Å². The number of terminal acetylenes is 1. The van der Waals surface area contributed by atoms with Crippen molar-refractivity contribution in [2.45, 2.75) is 70.5 Å². The number of esters is 2. The Morgan fingerprint density at radius 1 is 1.23 bits per heavy atom. The summed E-state index contributed by atoms with van der Waals surface area (Å²) in [5, 5.41) is 0. The van der Waals surface area contributed by atoms with Crippen molar-refractivity contribution in [2.24, 2.45) is 17.3 Å². The number of benzene rings is 1. The molecule has 0 unspecified atom stereocenters. The number of rotatable bonds is 4. The molecule has 0 spiro atoms. The number of carbonyl (C=O) groups is 3. The van der Waals surface area contributed by atoms with Crippen LogP contribution in [0.15, 0.2) is 18.2 Å². The first kappa shape index (κ1) is 21.4. The van der Waals surface area contributed by atoms with Crippen LogP contribution in [0.5, 0.6) is 5.75 Å². The molecule has 6 heteroatoms. The van der Waals surface area contributed by atoms with E-state index in [1.807, 2.05) is 12.1 Å². The average Bonchev–Trinajstić information content (AvgIpc) is 2.99. The van der Waals surface area contributed by atoms with E-state index in [0.717, 1.165) is 30.4 Å². The van der Waals surface area contributed by atoms with Crippen LogP contribution in [0.2, 0.25) is 0 Å². The number of carbonyl (C=O) groups excluding carboxylic acids is 3. The highest BCUT2D eigenvalue weighted by Crippen LogP contribution is 2.65. The van der Waals surface area contributed by atoms with E-state index >= 15 is 0 Å². The molecule has 0 N–H and O–H groups in total. The maximum atomic E-state index is 11.9. The van der Waals surface area contributed by atoms with Crippen LogP contribution in [0.1, 0.15) is 63.5 Å². The van der Waals surface area contributed by atoms with E-state index in [1.54, 1.807) is 6.07 Å². The number of hydrogen-bond donors (Lipinski definition) is 0. The third-order valence-corrected chi connectivity index (χ3v) is 7.82. The van der Waals surface area contributed by atoms with Gasteiger partial charge >= 0.3 is 11.9 Å². The molecule has 0 aromatic heterocycles. The number of ether oxygens (including phenoxy) is 3. The summed E-state index contributed by atoms with van der Waals surface area (Å²) in [6.07, 6.45) is 9.32. The molecule has 0 saturated heterocycles. The minimum atomic E-state index is -0.988. The minimum Gasteiger partial charge on any atom is -0.464 e. The Morgan fingerprint density at radius 3 is 2.65 bits per heavy atom. The molecule has 6 nitrogen and oxygen atoms in total. The quantitative estimate of drug-likeness (QED) is 0.318. The van der Waals surface area contributed by atoms with Crippen molar-refractivity contribution in [3.63, 3.8) is 0 Å². The summed E-state index contributed by atoms with van der Waals surface area (Å²) in [5.41, 5.74) is 0.784. The van der Waals surface area contributed by atoms with Gasteiger partial charge in [-0.05, 0) is 67.2 Å².